The maximum absolute atomic E-state index is 12.7. The predicted octanol–water partition coefficient (Wildman–Crippen LogP) is 4.72. The first-order valence-electron chi connectivity index (χ1n) is 12.9. The normalized spacial score (nSPS) is 20.1. The molecule has 0 N–H and O–H groups in total. The molecule has 8 nitrogen and oxygen atoms in total. The molecule has 0 saturated heterocycles. The van der Waals surface area contributed by atoms with Gasteiger partial charge in [-0.15, -0.1) is 0 Å². The van der Waals surface area contributed by atoms with Crippen LogP contribution < -0.4 is 4.90 Å². The second-order valence-corrected chi connectivity index (χ2v) is 11.5. The molecule has 0 fully saturated rings. The topological polar surface area (TPSA) is 76.4 Å². The first-order valence-corrected chi connectivity index (χ1v) is 14.5. The molecular formula is C28H31ClN6O2S. The highest BCUT2D eigenvalue weighted by atomic mass is 35.5. The zero-order chi connectivity index (χ0) is 26.6. The van der Waals surface area contributed by atoms with Gasteiger partial charge in [0.2, 0.25) is 0 Å². The number of rotatable bonds is 4. The Morgan fingerprint density at radius 1 is 1.29 bits per heavy atom. The van der Waals surface area contributed by atoms with Crippen LogP contribution in [0.15, 0.2) is 29.9 Å². The van der Waals surface area contributed by atoms with Crippen molar-refractivity contribution in [2.45, 2.75) is 56.1 Å². The summed E-state index contributed by atoms with van der Waals surface area (Å²) >= 11 is 8.29. The van der Waals surface area contributed by atoms with E-state index in [0.717, 1.165) is 59.3 Å². The van der Waals surface area contributed by atoms with Gasteiger partial charge in [-0.25, -0.2) is 9.97 Å². The number of amides is 1. The van der Waals surface area contributed by atoms with E-state index in [9.17, 15) is 4.79 Å². The molecule has 0 bridgehead atoms. The summed E-state index contributed by atoms with van der Waals surface area (Å²) in [5.41, 5.74) is 6.56. The predicted molar refractivity (Wildman–Crippen MR) is 150 cm³/mol. The fraction of sp³-hybridized carbons (Fsp3) is 0.429. The van der Waals surface area contributed by atoms with Gasteiger partial charge in [0, 0.05) is 39.2 Å². The van der Waals surface area contributed by atoms with Gasteiger partial charge in [-0.2, -0.15) is 5.10 Å². The van der Waals surface area contributed by atoms with E-state index in [4.69, 9.17) is 26.3 Å². The van der Waals surface area contributed by atoms with Crippen LogP contribution in [0.1, 0.15) is 57.0 Å². The molecule has 3 aliphatic rings. The molecule has 4 heterocycles. The van der Waals surface area contributed by atoms with Gasteiger partial charge in [0.25, 0.3) is 5.91 Å². The summed E-state index contributed by atoms with van der Waals surface area (Å²) in [7, 11) is 3.42. The number of aryl methyl sites for hydroxylation is 2. The minimum Gasteiger partial charge on any atom is -0.365 e. The maximum atomic E-state index is 12.7. The smallest absolute Gasteiger partial charge is 0.275 e. The summed E-state index contributed by atoms with van der Waals surface area (Å²) in [5.74, 6) is 0.694. The molecule has 1 unspecified atom stereocenters. The van der Waals surface area contributed by atoms with Gasteiger partial charge in [0.1, 0.15) is 5.82 Å². The van der Waals surface area contributed by atoms with Crippen molar-refractivity contribution in [3.05, 3.63) is 69.1 Å². The number of hydrogen-bond acceptors (Lipinski definition) is 7. The monoisotopic (exact) mass is 550 g/mol. The number of hydrogen-bond donors (Lipinski definition) is 0. The van der Waals surface area contributed by atoms with E-state index < -0.39 is 0 Å². The number of benzene rings is 1. The summed E-state index contributed by atoms with van der Waals surface area (Å²) in [6.45, 7) is 6.41. The van der Waals surface area contributed by atoms with Crippen molar-refractivity contribution in [1.82, 2.24) is 24.6 Å². The molecule has 3 aromatic rings. The molecule has 1 spiro atoms. The van der Waals surface area contributed by atoms with Crippen LogP contribution in [0.5, 0.6) is 0 Å². The van der Waals surface area contributed by atoms with Crippen LogP contribution in [-0.2, 0) is 42.9 Å². The third kappa shape index (κ3) is 4.12. The molecular weight excluding hydrogens is 520 g/mol. The number of fused-ring (bicyclic) bond motifs is 4. The van der Waals surface area contributed by atoms with Crippen molar-refractivity contribution < 1.29 is 9.53 Å². The van der Waals surface area contributed by atoms with Gasteiger partial charge in [-0.05, 0) is 48.3 Å². The summed E-state index contributed by atoms with van der Waals surface area (Å²) < 4.78 is 8.60. The third-order valence-corrected chi connectivity index (χ3v) is 8.82. The van der Waals surface area contributed by atoms with E-state index in [0.29, 0.717) is 36.8 Å². The molecule has 1 atom stereocenters. The molecule has 2 aromatic heterocycles. The Morgan fingerprint density at radius 3 is 2.89 bits per heavy atom. The summed E-state index contributed by atoms with van der Waals surface area (Å²) in [6.07, 6.45) is 7.41. The molecule has 38 heavy (non-hydrogen) atoms. The molecule has 10 heteroatoms. The van der Waals surface area contributed by atoms with Gasteiger partial charge >= 0.3 is 0 Å². The van der Waals surface area contributed by atoms with Gasteiger partial charge in [-0.1, -0.05) is 48.2 Å². The van der Waals surface area contributed by atoms with Crippen LogP contribution in [-0.4, -0.2) is 57.5 Å². The maximum Gasteiger partial charge on any atom is 0.275 e. The Hall–Kier alpha value is -2.88. The van der Waals surface area contributed by atoms with E-state index in [1.54, 1.807) is 25.9 Å². The summed E-state index contributed by atoms with van der Waals surface area (Å²) in [5, 5.41) is 5.73. The van der Waals surface area contributed by atoms with Crippen LogP contribution in [0.3, 0.4) is 0 Å². The molecule has 0 saturated carbocycles. The standard InChI is InChI=1S/C28H31ClN6O2S/c1-5-17-7-8-18-9-10-28(20(18)13-17)14-21-19(16-37-28)25(31-27(30-21)38-4)34-11-6-12-35-22(15-34)23(29)24(32-35)26(36)33(2)3/h5,7-8,13H,1,6,9-12,14-16H2,2-4H3. The lowest BCUT2D eigenvalue weighted by molar-refractivity contribution is -0.0730. The molecule has 1 aromatic carbocycles. The first kappa shape index (κ1) is 25.4. The van der Waals surface area contributed by atoms with Crippen molar-refractivity contribution in [1.29, 1.82) is 0 Å². The van der Waals surface area contributed by atoms with Crippen LogP contribution >= 0.6 is 23.4 Å². The van der Waals surface area contributed by atoms with E-state index in [1.165, 1.54) is 16.0 Å². The van der Waals surface area contributed by atoms with Gasteiger partial charge in [0.15, 0.2) is 10.9 Å². The lowest BCUT2D eigenvalue weighted by atomic mass is 9.86. The van der Waals surface area contributed by atoms with E-state index in [2.05, 4.69) is 34.8 Å². The number of halogens is 1. The van der Waals surface area contributed by atoms with Crippen LogP contribution in [0.25, 0.3) is 6.08 Å². The van der Waals surface area contributed by atoms with Gasteiger partial charge < -0.3 is 14.5 Å². The molecule has 1 aliphatic carbocycles. The average molecular weight is 551 g/mol. The minimum atomic E-state index is -0.370. The molecule has 1 amide bonds. The Balaban J connectivity index is 1.38. The number of thioether (sulfide) groups is 1. The van der Waals surface area contributed by atoms with Crippen molar-refractivity contribution in [2.24, 2.45) is 0 Å². The van der Waals surface area contributed by atoms with Crippen LogP contribution in [0.2, 0.25) is 5.02 Å². The highest BCUT2D eigenvalue weighted by Gasteiger charge is 2.44. The van der Waals surface area contributed by atoms with Crippen LogP contribution in [0.4, 0.5) is 5.82 Å². The first-order chi connectivity index (χ1) is 18.3. The lowest BCUT2D eigenvalue weighted by Gasteiger charge is -2.37. The van der Waals surface area contributed by atoms with E-state index in [1.807, 2.05) is 17.0 Å². The fourth-order valence-corrected chi connectivity index (χ4v) is 6.51. The second-order valence-electron chi connectivity index (χ2n) is 10.3. The SMILES string of the molecule is C=Cc1ccc2c(c1)C1(CC2)Cc2nc(SC)nc(N3CCCn4nc(C(=O)N(C)C)c(Cl)c4C3)c2CO1. The Kier molecular flexibility index (Phi) is 6.48. The highest BCUT2D eigenvalue weighted by Crippen LogP contribution is 2.47. The van der Waals surface area contributed by atoms with Gasteiger partial charge in [0.05, 0.1) is 35.2 Å². The molecule has 198 valence electrons. The Bertz CT molecular complexity index is 1450. The van der Waals surface area contributed by atoms with Crippen molar-refractivity contribution >= 4 is 41.2 Å². The molecule has 2 aliphatic heterocycles. The second kappa shape index (κ2) is 9.70. The number of aromatic nitrogens is 4. The third-order valence-electron chi connectivity index (χ3n) is 7.88. The number of ether oxygens (including phenoxy) is 1. The zero-order valence-electron chi connectivity index (χ0n) is 22.0. The van der Waals surface area contributed by atoms with Crippen LogP contribution in [0, 0.1) is 0 Å². The fourth-order valence-electron chi connectivity index (χ4n) is 5.85. The van der Waals surface area contributed by atoms with Crippen molar-refractivity contribution in [3.8, 4) is 0 Å². The number of carbonyl (C=O) groups excluding carboxylic acids is 1. The zero-order valence-corrected chi connectivity index (χ0v) is 23.5. The number of carbonyl (C=O) groups is 1. The summed E-state index contributed by atoms with van der Waals surface area (Å²) in [6, 6.07) is 6.56. The molecule has 6 rings (SSSR count). The van der Waals surface area contributed by atoms with E-state index in [-0.39, 0.29) is 11.5 Å². The number of anilines is 1. The van der Waals surface area contributed by atoms with E-state index >= 15 is 0 Å². The van der Waals surface area contributed by atoms with Crippen molar-refractivity contribution in [2.75, 3.05) is 31.8 Å². The lowest BCUT2D eigenvalue weighted by Crippen LogP contribution is -2.36. The highest BCUT2D eigenvalue weighted by molar-refractivity contribution is 7.98. The van der Waals surface area contributed by atoms with Crippen molar-refractivity contribution in [3.63, 3.8) is 0 Å². The quantitative estimate of drug-likeness (QED) is 0.344. The number of nitrogens with zero attached hydrogens (tertiary/aromatic N) is 6. The Morgan fingerprint density at radius 2 is 2.13 bits per heavy atom. The Labute approximate surface area is 232 Å². The largest absolute Gasteiger partial charge is 0.365 e. The molecule has 0 radical (unpaired) electrons. The minimum absolute atomic E-state index is 0.193. The average Bonchev–Trinajstić information content (AvgIpc) is 3.33. The summed E-state index contributed by atoms with van der Waals surface area (Å²) in [4.78, 5) is 26.4. The van der Waals surface area contributed by atoms with Gasteiger partial charge in [-0.3, -0.25) is 9.48 Å².